The number of carbonyl (C=O) groups is 2. The van der Waals surface area contributed by atoms with Gasteiger partial charge in [-0.3, -0.25) is 4.79 Å². The summed E-state index contributed by atoms with van der Waals surface area (Å²) in [5.74, 6) is -1.42. The van der Waals surface area contributed by atoms with Crippen molar-refractivity contribution in [1.82, 2.24) is 4.98 Å². The summed E-state index contributed by atoms with van der Waals surface area (Å²) >= 11 is 6.64. The molecule has 0 saturated carbocycles. The maximum Gasteiger partial charge on any atom is 0.360 e. The highest BCUT2D eigenvalue weighted by Gasteiger charge is 2.22. The molecule has 1 amide bonds. The number of aliphatic carboxylic acids is 1. The average molecular weight is 289 g/mol. The summed E-state index contributed by atoms with van der Waals surface area (Å²) in [5.41, 5.74) is -0.693. The van der Waals surface area contributed by atoms with Crippen molar-refractivity contribution < 1.29 is 19.5 Å². The molecule has 0 aliphatic rings. The maximum absolute atomic E-state index is 10.9. The number of carboxylic acid groups (broad SMARTS) is 1. The Bertz CT molecular complexity index is 536. The number of thiazole rings is 1. The van der Waals surface area contributed by atoms with Gasteiger partial charge in [0, 0.05) is 0 Å². The zero-order chi connectivity index (χ0) is 13.5. The van der Waals surface area contributed by atoms with E-state index in [0.29, 0.717) is 6.41 Å². The van der Waals surface area contributed by atoms with Gasteiger partial charge in [0.2, 0.25) is 18.7 Å². The molecule has 1 heterocycles. The van der Waals surface area contributed by atoms with Crippen LogP contribution in [0, 0.1) is 11.3 Å². The predicted octanol–water partition coefficient (Wildman–Crippen LogP) is 0.694. The molecule has 0 spiro atoms. The Balaban J connectivity index is 3.06. The number of carbonyl (C=O) groups excluding carboxylic acids is 1. The van der Waals surface area contributed by atoms with Crippen LogP contribution in [0.4, 0.5) is 5.13 Å². The van der Waals surface area contributed by atoms with Crippen LogP contribution in [0.15, 0.2) is 5.16 Å². The maximum atomic E-state index is 10.9. The highest BCUT2D eigenvalue weighted by atomic mass is 35.5. The number of hydrogen-bond acceptors (Lipinski definition) is 7. The number of hydrogen-bond donors (Lipinski definition) is 2. The lowest BCUT2D eigenvalue weighted by molar-refractivity contribution is -0.129. The van der Waals surface area contributed by atoms with Gasteiger partial charge >= 0.3 is 5.97 Å². The van der Waals surface area contributed by atoms with E-state index in [1.807, 2.05) is 0 Å². The molecule has 1 rings (SSSR count). The second kappa shape index (κ2) is 6.53. The Labute approximate surface area is 109 Å². The highest BCUT2D eigenvalue weighted by molar-refractivity contribution is 7.20. The molecule has 0 atom stereocenters. The van der Waals surface area contributed by atoms with Crippen LogP contribution in [0.3, 0.4) is 0 Å². The van der Waals surface area contributed by atoms with Gasteiger partial charge in [-0.2, -0.15) is 5.26 Å². The molecule has 0 aliphatic heterocycles. The SMILES string of the molecule is N#CCO/N=C(\C(=O)O)c1nc(NC=O)sc1Cl. The fourth-order valence-corrected chi connectivity index (χ4v) is 1.87. The summed E-state index contributed by atoms with van der Waals surface area (Å²) in [4.78, 5) is 29.4. The Morgan fingerprint density at radius 2 is 2.50 bits per heavy atom. The average Bonchev–Trinajstić information content (AvgIpc) is 2.66. The van der Waals surface area contributed by atoms with Gasteiger partial charge in [0.1, 0.15) is 16.1 Å². The summed E-state index contributed by atoms with van der Waals surface area (Å²) in [7, 11) is 0. The largest absolute Gasteiger partial charge is 0.476 e. The molecule has 0 aromatic carbocycles. The van der Waals surface area contributed by atoms with Crippen molar-refractivity contribution in [3.8, 4) is 6.07 Å². The first-order chi connectivity index (χ1) is 8.60. The molecule has 10 heteroatoms. The van der Waals surface area contributed by atoms with E-state index in [4.69, 9.17) is 22.0 Å². The van der Waals surface area contributed by atoms with E-state index in [-0.39, 0.29) is 15.2 Å². The molecule has 18 heavy (non-hydrogen) atoms. The Morgan fingerprint density at radius 3 is 3.06 bits per heavy atom. The van der Waals surface area contributed by atoms with Crippen LogP contribution in [-0.2, 0) is 14.4 Å². The van der Waals surface area contributed by atoms with Gasteiger partial charge in [-0.05, 0) is 0 Å². The highest BCUT2D eigenvalue weighted by Crippen LogP contribution is 2.28. The van der Waals surface area contributed by atoms with Crippen LogP contribution in [0.5, 0.6) is 0 Å². The van der Waals surface area contributed by atoms with Gasteiger partial charge < -0.3 is 15.3 Å². The topological polar surface area (TPSA) is 125 Å². The number of nitrogens with zero attached hydrogens (tertiary/aromatic N) is 3. The number of anilines is 1. The second-order valence-corrected chi connectivity index (χ2v) is 4.18. The monoisotopic (exact) mass is 288 g/mol. The Kier molecular flexibility index (Phi) is 5.04. The first-order valence-corrected chi connectivity index (χ1v) is 5.46. The van der Waals surface area contributed by atoms with Crippen LogP contribution >= 0.6 is 22.9 Å². The smallest absolute Gasteiger partial charge is 0.360 e. The summed E-state index contributed by atoms with van der Waals surface area (Å²) in [6.07, 6.45) is 0.378. The van der Waals surface area contributed by atoms with Crippen LogP contribution in [-0.4, -0.2) is 34.8 Å². The molecule has 0 saturated heterocycles. The van der Waals surface area contributed by atoms with Crippen molar-refractivity contribution >= 4 is 46.2 Å². The van der Waals surface area contributed by atoms with E-state index in [1.54, 1.807) is 6.07 Å². The zero-order valence-corrected chi connectivity index (χ0v) is 10.2. The summed E-state index contributed by atoms with van der Waals surface area (Å²) < 4.78 is 0.0288. The van der Waals surface area contributed by atoms with Gasteiger partial charge in [-0.1, -0.05) is 28.1 Å². The molecule has 8 nitrogen and oxygen atoms in total. The van der Waals surface area contributed by atoms with E-state index in [9.17, 15) is 9.59 Å². The third-order valence-corrected chi connectivity index (χ3v) is 2.67. The quantitative estimate of drug-likeness (QED) is 0.343. The standard InChI is InChI=1S/C8H5ClN4O4S/c9-6-4(12-8(18-6)11-3-14)5(7(15)16)13-17-2-1-10/h3H,2H2,(H,15,16)(H,11,12,14)/b13-5-. The number of amides is 1. The van der Waals surface area contributed by atoms with Gasteiger partial charge in [0.05, 0.1) is 0 Å². The lowest BCUT2D eigenvalue weighted by Crippen LogP contribution is -2.16. The van der Waals surface area contributed by atoms with Crippen molar-refractivity contribution in [2.24, 2.45) is 5.16 Å². The number of carboxylic acids is 1. The van der Waals surface area contributed by atoms with E-state index in [0.717, 1.165) is 11.3 Å². The minimum Gasteiger partial charge on any atom is -0.476 e. The van der Waals surface area contributed by atoms with Gasteiger partial charge in [0.25, 0.3) is 0 Å². The van der Waals surface area contributed by atoms with Crippen molar-refractivity contribution in [1.29, 1.82) is 5.26 Å². The molecule has 0 unspecified atom stereocenters. The molecule has 0 bridgehead atoms. The number of nitriles is 1. The molecule has 0 radical (unpaired) electrons. The van der Waals surface area contributed by atoms with Crippen LogP contribution in [0.1, 0.15) is 5.69 Å². The van der Waals surface area contributed by atoms with Crippen molar-refractivity contribution in [2.45, 2.75) is 0 Å². The normalized spacial score (nSPS) is 10.6. The minimum atomic E-state index is -1.42. The molecule has 0 aliphatic carbocycles. The van der Waals surface area contributed by atoms with Gasteiger partial charge in [-0.25, -0.2) is 9.78 Å². The first-order valence-electron chi connectivity index (χ1n) is 4.27. The molecular formula is C8H5ClN4O4S. The Morgan fingerprint density at radius 1 is 1.78 bits per heavy atom. The predicted molar refractivity (Wildman–Crippen MR) is 62.5 cm³/mol. The van der Waals surface area contributed by atoms with E-state index >= 15 is 0 Å². The number of halogens is 1. The minimum absolute atomic E-state index is 0.0288. The van der Waals surface area contributed by atoms with Gasteiger partial charge in [-0.15, -0.1) is 0 Å². The lowest BCUT2D eigenvalue weighted by atomic mass is 10.3. The van der Waals surface area contributed by atoms with Crippen molar-refractivity contribution in [3.05, 3.63) is 10.0 Å². The second-order valence-electron chi connectivity index (χ2n) is 2.58. The number of oxime groups is 1. The van der Waals surface area contributed by atoms with E-state index < -0.39 is 18.3 Å². The third kappa shape index (κ3) is 3.41. The van der Waals surface area contributed by atoms with Crippen LogP contribution in [0.2, 0.25) is 4.34 Å². The van der Waals surface area contributed by atoms with Crippen molar-refractivity contribution in [3.63, 3.8) is 0 Å². The molecule has 0 fully saturated rings. The number of rotatable bonds is 6. The fraction of sp³-hybridized carbons (Fsp3) is 0.125. The van der Waals surface area contributed by atoms with Crippen LogP contribution in [0.25, 0.3) is 0 Å². The Hall–Kier alpha value is -2.18. The summed E-state index contributed by atoms with van der Waals surface area (Å²) in [5, 5.41) is 22.8. The van der Waals surface area contributed by atoms with E-state index in [1.165, 1.54) is 0 Å². The summed E-state index contributed by atoms with van der Waals surface area (Å²) in [6.45, 7) is -0.405. The lowest BCUT2D eigenvalue weighted by Gasteiger charge is -1.97. The van der Waals surface area contributed by atoms with Crippen molar-refractivity contribution in [2.75, 3.05) is 11.9 Å². The zero-order valence-electron chi connectivity index (χ0n) is 8.58. The molecule has 1 aromatic rings. The van der Waals surface area contributed by atoms with Gasteiger partial charge in [0.15, 0.2) is 5.13 Å². The molecule has 94 valence electrons. The fourth-order valence-electron chi connectivity index (χ4n) is 0.869. The molecule has 1 aromatic heterocycles. The molecular weight excluding hydrogens is 284 g/mol. The first kappa shape index (κ1) is 13.9. The van der Waals surface area contributed by atoms with E-state index in [2.05, 4.69) is 20.3 Å². The third-order valence-electron chi connectivity index (χ3n) is 1.48. The number of nitrogens with one attached hydrogen (secondary N) is 1. The molecule has 2 N–H and O–H groups in total. The van der Waals surface area contributed by atoms with Crippen LogP contribution < -0.4 is 5.32 Å². The summed E-state index contributed by atoms with van der Waals surface area (Å²) in [6, 6.07) is 1.62. The number of aromatic nitrogens is 1.